The number of anilines is 5. The number of furan rings is 1. The molecule has 3 nitrogen and oxygen atoms in total. The van der Waals surface area contributed by atoms with E-state index < -0.39 is 0 Å². The molecule has 0 bridgehead atoms. The molecule has 1 radical (unpaired) electrons. The maximum absolute atomic E-state index is 7.04. The summed E-state index contributed by atoms with van der Waals surface area (Å²) in [6, 6.07) is 60.0. The Labute approximate surface area is 371 Å². The van der Waals surface area contributed by atoms with Crippen LogP contribution in [0.3, 0.4) is 0 Å². The second kappa shape index (κ2) is 13.6. The van der Waals surface area contributed by atoms with Gasteiger partial charge in [0.25, 0.3) is 0 Å². The summed E-state index contributed by atoms with van der Waals surface area (Å²) in [5, 5.41) is 6.17. The average Bonchev–Trinajstić information content (AvgIpc) is 3.67. The number of fused-ring (bicyclic) bond motifs is 8. The highest BCUT2D eigenvalue weighted by molar-refractivity contribution is 6.74. The van der Waals surface area contributed by atoms with Gasteiger partial charge in [-0.3, -0.25) is 0 Å². The number of para-hydroxylation sites is 2. The molecular weight excluding hydrogens is 763 g/mol. The van der Waals surface area contributed by atoms with Gasteiger partial charge < -0.3 is 14.6 Å². The van der Waals surface area contributed by atoms with E-state index in [1.807, 2.05) is 0 Å². The lowest BCUT2D eigenvalue weighted by Gasteiger charge is -2.49. The first-order valence-electron chi connectivity index (χ1n) is 22.5. The van der Waals surface area contributed by atoms with Gasteiger partial charge in [-0.05, 0) is 110 Å². The molecule has 63 heavy (non-hydrogen) atoms. The van der Waals surface area contributed by atoms with Crippen LogP contribution in [-0.2, 0) is 16.2 Å². The molecule has 8 aromatic carbocycles. The summed E-state index contributed by atoms with van der Waals surface area (Å²) in [5.41, 5.74) is 22.5. The third-order valence-electron chi connectivity index (χ3n) is 14.7. The van der Waals surface area contributed by atoms with Gasteiger partial charge in [0.15, 0.2) is 7.28 Å². The lowest BCUT2D eigenvalue weighted by atomic mass is 9.55. The van der Waals surface area contributed by atoms with Crippen LogP contribution < -0.4 is 21.1 Å². The first kappa shape index (κ1) is 37.9. The fourth-order valence-corrected chi connectivity index (χ4v) is 11.1. The number of hydrogen-bond donors (Lipinski definition) is 1. The second-order valence-corrected chi connectivity index (χ2v) is 19.9. The normalized spacial score (nSPS) is 16.1. The molecule has 4 heteroatoms. The van der Waals surface area contributed by atoms with Gasteiger partial charge in [-0.2, -0.15) is 0 Å². The Morgan fingerprint density at radius 3 is 1.89 bits per heavy atom. The topological polar surface area (TPSA) is 28.4 Å². The Morgan fingerprint density at radius 2 is 1.16 bits per heavy atom. The third-order valence-corrected chi connectivity index (χ3v) is 14.7. The van der Waals surface area contributed by atoms with Crippen LogP contribution in [0.1, 0.15) is 76.6 Å². The summed E-state index contributed by atoms with van der Waals surface area (Å²) < 4.78 is 7.04. The molecule has 1 N–H and O–H groups in total. The van der Waals surface area contributed by atoms with E-state index in [4.69, 9.17) is 4.42 Å². The van der Waals surface area contributed by atoms with E-state index in [1.54, 1.807) is 0 Å². The summed E-state index contributed by atoms with van der Waals surface area (Å²) in [6.45, 7) is 14.6. The van der Waals surface area contributed by atoms with Crippen molar-refractivity contribution in [3.05, 3.63) is 186 Å². The van der Waals surface area contributed by atoms with Crippen molar-refractivity contribution in [2.45, 2.75) is 70.6 Å². The first-order chi connectivity index (χ1) is 30.5. The lowest BCUT2D eigenvalue weighted by Crippen LogP contribution is -2.46. The van der Waals surface area contributed by atoms with Gasteiger partial charge in [-0.25, -0.2) is 0 Å². The third kappa shape index (κ3) is 5.80. The van der Waals surface area contributed by atoms with Crippen LogP contribution in [0.15, 0.2) is 168 Å². The van der Waals surface area contributed by atoms with Crippen LogP contribution in [0.4, 0.5) is 28.4 Å². The van der Waals surface area contributed by atoms with Gasteiger partial charge in [0.05, 0.1) is 5.69 Å². The van der Waals surface area contributed by atoms with Gasteiger partial charge in [0.1, 0.15) is 11.2 Å². The van der Waals surface area contributed by atoms with Crippen LogP contribution in [0, 0.1) is 0 Å². The molecule has 3 heterocycles. The van der Waals surface area contributed by atoms with E-state index in [9.17, 15) is 0 Å². The molecule has 0 saturated heterocycles. The van der Waals surface area contributed by atoms with Crippen LogP contribution in [0.2, 0.25) is 0 Å². The molecule has 0 spiro atoms. The Kier molecular flexibility index (Phi) is 8.20. The molecule has 0 saturated carbocycles. The maximum atomic E-state index is 7.04. The van der Waals surface area contributed by atoms with E-state index in [0.717, 1.165) is 61.9 Å². The van der Waals surface area contributed by atoms with Gasteiger partial charge in [-0.1, -0.05) is 174 Å². The first-order valence-corrected chi connectivity index (χ1v) is 22.5. The predicted octanol–water partition coefficient (Wildman–Crippen LogP) is 14.8. The fraction of sp³-hybridized carbons (Fsp3) is 0.186. The quantitative estimate of drug-likeness (QED) is 0.176. The van der Waals surface area contributed by atoms with Gasteiger partial charge in [0, 0.05) is 50.1 Å². The van der Waals surface area contributed by atoms with E-state index >= 15 is 0 Å². The summed E-state index contributed by atoms with van der Waals surface area (Å²) in [5.74, 6) is 0. The standard InChI is InChI=1S/C59H50BN2O/c1-57(2)30-31-58(3,4)46-35-50-47(34-45(46)57)59(5,6)44-21-15-22-48-55(44)62(50)51-33-43-41-20-13-14-23-52(41)63-56(43)53(54(51)60-48)42-29-26-39(37-18-11-8-12-19-37)32-49(42)61-40-27-24-38(25-28-40)36-16-9-7-10-17-36/h7-29,32-35,61H,30-31H2,1-6H3. The molecule has 0 atom stereocenters. The molecule has 0 amide bonds. The highest BCUT2D eigenvalue weighted by atomic mass is 16.3. The van der Waals surface area contributed by atoms with Gasteiger partial charge in [0.2, 0.25) is 0 Å². The zero-order valence-corrected chi connectivity index (χ0v) is 36.9. The molecule has 2 aliphatic heterocycles. The molecule has 0 fully saturated rings. The molecule has 1 aliphatic carbocycles. The van der Waals surface area contributed by atoms with Crippen molar-refractivity contribution in [2.75, 3.05) is 10.2 Å². The maximum Gasteiger partial charge on any atom is 0.198 e. The summed E-state index contributed by atoms with van der Waals surface area (Å²) >= 11 is 0. The molecular formula is C59H50BN2O. The average molecular weight is 814 g/mol. The van der Waals surface area contributed by atoms with Crippen LogP contribution in [0.5, 0.6) is 0 Å². The van der Waals surface area contributed by atoms with Crippen LogP contribution in [-0.4, -0.2) is 7.28 Å². The minimum atomic E-state index is -0.203. The number of nitrogens with one attached hydrogen (secondary N) is 1. The second-order valence-electron chi connectivity index (χ2n) is 19.9. The van der Waals surface area contributed by atoms with Crippen molar-refractivity contribution in [1.82, 2.24) is 0 Å². The highest BCUT2D eigenvalue weighted by Crippen LogP contribution is 2.57. The molecule has 1 aromatic heterocycles. The zero-order valence-electron chi connectivity index (χ0n) is 36.9. The van der Waals surface area contributed by atoms with Crippen molar-refractivity contribution in [3.63, 3.8) is 0 Å². The predicted molar refractivity (Wildman–Crippen MR) is 267 cm³/mol. The minimum absolute atomic E-state index is 0.0603. The van der Waals surface area contributed by atoms with Crippen molar-refractivity contribution in [2.24, 2.45) is 0 Å². The van der Waals surface area contributed by atoms with E-state index in [1.165, 1.54) is 67.9 Å². The van der Waals surface area contributed by atoms with E-state index in [2.05, 4.69) is 223 Å². The van der Waals surface area contributed by atoms with Crippen LogP contribution >= 0.6 is 0 Å². The monoisotopic (exact) mass is 813 g/mol. The molecule has 3 aliphatic rings. The molecule has 12 rings (SSSR count). The largest absolute Gasteiger partial charge is 0.455 e. The summed E-state index contributed by atoms with van der Waals surface area (Å²) in [7, 11) is 2.43. The Bertz CT molecular complexity index is 3300. The SMILES string of the molecule is CC1(C)CCC(C)(C)c2cc3c(cc21)N1c2cc4c(oc5ccccc54)c(-c4ccc(-c5ccccc5)cc4Nc4ccc(-c5ccccc5)cc4)c2[B]c2cccc(c21)C3(C)C. The highest BCUT2D eigenvalue weighted by Gasteiger charge is 2.45. The van der Waals surface area contributed by atoms with Gasteiger partial charge >= 0.3 is 0 Å². The number of benzene rings is 8. The summed E-state index contributed by atoms with van der Waals surface area (Å²) in [6.07, 6.45) is 2.34. The van der Waals surface area contributed by atoms with Crippen molar-refractivity contribution in [3.8, 4) is 33.4 Å². The van der Waals surface area contributed by atoms with Crippen molar-refractivity contribution in [1.29, 1.82) is 0 Å². The molecule has 9 aromatic rings. The van der Waals surface area contributed by atoms with Gasteiger partial charge in [-0.15, -0.1) is 0 Å². The molecule has 0 unspecified atom stereocenters. The van der Waals surface area contributed by atoms with Crippen LogP contribution in [0.25, 0.3) is 55.3 Å². The van der Waals surface area contributed by atoms with Crippen molar-refractivity contribution < 1.29 is 4.42 Å². The zero-order chi connectivity index (χ0) is 42.8. The number of nitrogens with zero attached hydrogens (tertiary/aromatic N) is 1. The molecule has 305 valence electrons. The minimum Gasteiger partial charge on any atom is -0.455 e. The number of rotatable bonds is 5. The smallest absolute Gasteiger partial charge is 0.198 e. The lowest BCUT2D eigenvalue weighted by molar-refractivity contribution is 0.331. The van der Waals surface area contributed by atoms with E-state index in [-0.39, 0.29) is 16.2 Å². The summed E-state index contributed by atoms with van der Waals surface area (Å²) in [4.78, 5) is 2.62. The Morgan fingerprint density at radius 1 is 0.524 bits per heavy atom. The van der Waals surface area contributed by atoms with E-state index in [0.29, 0.717) is 0 Å². The number of hydrogen-bond acceptors (Lipinski definition) is 3. The fourth-order valence-electron chi connectivity index (χ4n) is 11.1. The Hall–Kier alpha value is -6.78. The van der Waals surface area contributed by atoms with Crippen molar-refractivity contribution >= 4 is 68.6 Å². The Balaban J connectivity index is 1.13.